The highest BCUT2D eigenvalue weighted by Crippen LogP contribution is 2.26. The van der Waals surface area contributed by atoms with Gasteiger partial charge in [-0.15, -0.1) is 0 Å². The average Bonchev–Trinajstić information content (AvgIpc) is 3.13. The Morgan fingerprint density at radius 1 is 1.38 bits per heavy atom. The molecule has 0 fully saturated rings. The Kier molecular flexibility index (Phi) is 4.01. The first kappa shape index (κ1) is 13.8. The molecule has 0 aliphatic carbocycles. The van der Waals surface area contributed by atoms with Crippen LogP contribution in [0.5, 0.6) is 5.75 Å². The van der Waals surface area contributed by atoms with Gasteiger partial charge in [0.15, 0.2) is 5.82 Å². The molecule has 1 aromatic carbocycles. The maximum absolute atomic E-state index is 5.50. The van der Waals surface area contributed by atoms with Gasteiger partial charge in [0.1, 0.15) is 5.75 Å². The summed E-state index contributed by atoms with van der Waals surface area (Å²) < 4.78 is 10.7. The van der Waals surface area contributed by atoms with Gasteiger partial charge in [0.05, 0.1) is 6.61 Å². The van der Waals surface area contributed by atoms with Gasteiger partial charge in [0.2, 0.25) is 0 Å². The van der Waals surface area contributed by atoms with Crippen LogP contribution in [0.2, 0.25) is 0 Å². The highest BCUT2D eigenvalue weighted by atomic mass is 16.5. The van der Waals surface area contributed by atoms with Gasteiger partial charge >= 0.3 is 0 Å². The van der Waals surface area contributed by atoms with Gasteiger partial charge in [0.25, 0.3) is 5.89 Å². The Hall–Kier alpha value is -2.14. The molecule has 110 valence electrons. The fraction of sp³-hybridized carbons (Fsp3) is 0.375. The number of hydrogen-bond donors (Lipinski definition) is 1. The fourth-order valence-electron chi connectivity index (χ4n) is 2.27. The monoisotopic (exact) mass is 285 g/mol. The zero-order valence-electron chi connectivity index (χ0n) is 12.3. The fourth-order valence-corrected chi connectivity index (χ4v) is 2.27. The topological polar surface area (TPSA) is 60.2 Å². The molecule has 5 heteroatoms. The number of fused-ring (bicyclic) bond motifs is 1. The van der Waals surface area contributed by atoms with E-state index >= 15 is 0 Å². The van der Waals surface area contributed by atoms with E-state index < -0.39 is 0 Å². The maximum atomic E-state index is 5.50. The number of nitrogens with one attached hydrogen (secondary N) is 1. The first-order valence-corrected chi connectivity index (χ1v) is 7.18. The van der Waals surface area contributed by atoms with Crippen molar-refractivity contribution in [1.29, 1.82) is 0 Å². The number of nitrogens with zero attached hydrogens (tertiary/aromatic N) is 2. The third kappa shape index (κ3) is 3.31. The molecule has 0 saturated carbocycles. The zero-order chi connectivity index (χ0) is 14.7. The van der Waals surface area contributed by atoms with E-state index in [0.29, 0.717) is 11.9 Å². The van der Waals surface area contributed by atoms with Crippen LogP contribution in [0.1, 0.15) is 29.8 Å². The van der Waals surface area contributed by atoms with Gasteiger partial charge in [-0.3, -0.25) is 0 Å². The molecule has 5 nitrogen and oxygen atoms in total. The molecule has 1 aromatic heterocycles. The summed E-state index contributed by atoms with van der Waals surface area (Å²) in [5.74, 6) is 2.25. The van der Waals surface area contributed by atoms with E-state index in [-0.39, 0.29) is 0 Å². The first-order valence-electron chi connectivity index (χ1n) is 7.18. The molecule has 1 N–H and O–H groups in total. The molecular weight excluding hydrogens is 266 g/mol. The van der Waals surface area contributed by atoms with Crippen molar-refractivity contribution in [2.45, 2.75) is 25.8 Å². The second-order valence-corrected chi connectivity index (χ2v) is 5.24. The van der Waals surface area contributed by atoms with Crippen molar-refractivity contribution in [2.24, 2.45) is 0 Å². The summed E-state index contributed by atoms with van der Waals surface area (Å²) in [7, 11) is 1.92. The van der Waals surface area contributed by atoms with E-state index in [2.05, 4.69) is 28.4 Å². The molecular formula is C16H19N3O2. The predicted octanol–water partition coefficient (Wildman–Crippen LogP) is 2.33. The van der Waals surface area contributed by atoms with E-state index in [9.17, 15) is 0 Å². The van der Waals surface area contributed by atoms with E-state index in [1.165, 1.54) is 5.56 Å². The van der Waals surface area contributed by atoms with Crippen molar-refractivity contribution in [3.8, 4) is 5.75 Å². The molecule has 1 aliphatic heterocycles. The van der Waals surface area contributed by atoms with E-state index in [4.69, 9.17) is 9.26 Å². The van der Waals surface area contributed by atoms with Crippen LogP contribution in [0.15, 0.2) is 22.7 Å². The van der Waals surface area contributed by atoms with Crippen molar-refractivity contribution in [2.75, 3.05) is 13.7 Å². The Balaban J connectivity index is 1.68. The number of ether oxygens (including phenoxy) is 1. The summed E-state index contributed by atoms with van der Waals surface area (Å²) in [5.41, 5.74) is 2.37. The van der Waals surface area contributed by atoms with Gasteiger partial charge in [0, 0.05) is 25.0 Å². The molecule has 2 aromatic rings. The number of aromatic nitrogens is 2. The molecule has 1 unspecified atom stereocenters. The summed E-state index contributed by atoms with van der Waals surface area (Å²) in [5, 5.41) is 7.13. The summed E-state index contributed by atoms with van der Waals surface area (Å²) in [4.78, 5) is 4.36. The SMILES string of the molecule is CNC(C)Cc1noc(/C=C/c2ccc3c(c2)CCO3)n1. The standard InChI is InChI=1S/C16H19N3O2/c1-11(17-2)9-15-18-16(21-19-15)6-4-12-3-5-14-13(10-12)7-8-20-14/h3-6,10-11,17H,7-9H2,1-2H3/b6-4+. The number of hydrogen-bond acceptors (Lipinski definition) is 5. The minimum atomic E-state index is 0.330. The first-order chi connectivity index (χ1) is 10.2. The largest absolute Gasteiger partial charge is 0.493 e. The van der Waals surface area contributed by atoms with E-state index in [1.54, 1.807) is 0 Å². The smallest absolute Gasteiger partial charge is 0.250 e. The van der Waals surface area contributed by atoms with Crippen molar-refractivity contribution in [3.05, 3.63) is 41.0 Å². The number of rotatable bonds is 5. The quantitative estimate of drug-likeness (QED) is 0.913. The minimum absolute atomic E-state index is 0.330. The summed E-state index contributed by atoms with van der Waals surface area (Å²) >= 11 is 0. The maximum Gasteiger partial charge on any atom is 0.250 e. The lowest BCUT2D eigenvalue weighted by atomic mass is 10.1. The van der Waals surface area contributed by atoms with Crippen molar-refractivity contribution in [1.82, 2.24) is 15.5 Å². The van der Waals surface area contributed by atoms with Crippen LogP contribution in [0.25, 0.3) is 12.2 Å². The molecule has 2 heterocycles. The third-order valence-corrected chi connectivity index (χ3v) is 3.60. The summed E-state index contributed by atoms with van der Waals surface area (Å²) in [6.07, 6.45) is 5.56. The highest BCUT2D eigenvalue weighted by molar-refractivity contribution is 5.67. The van der Waals surface area contributed by atoms with Gasteiger partial charge in [-0.1, -0.05) is 11.2 Å². The molecule has 0 radical (unpaired) electrons. The summed E-state index contributed by atoms with van der Waals surface area (Å²) in [6.45, 7) is 2.86. The van der Waals surface area contributed by atoms with Gasteiger partial charge in [-0.05, 0) is 43.3 Å². The minimum Gasteiger partial charge on any atom is -0.493 e. The third-order valence-electron chi connectivity index (χ3n) is 3.60. The normalized spacial score (nSPS) is 15.1. The lowest BCUT2D eigenvalue weighted by Crippen LogP contribution is -2.24. The van der Waals surface area contributed by atoms with Crippen LogP contribution >= 0.6 is 0 Å². The van der Waals surface area contributed by atoms with Gasteiger partial charge < -0.3 is 14.6 Å². The van der Waals surface area contributed by atoms with E-state index in [1.807, 2.05) is 31.3 Å². The summed E-state index contributed by atoms with van der Waals surface area (Å²) in [6, 6.07) is 6.51. The van der Waals surface area contributed by atoms with Crippen LogP contribution in [-0.2, 0) is 12.8 Å². The van der Waals surface area contributed by atoms with Crippen LogP contribution < -0.4 is 10.1 Å². The zero-order valence-corrected chi connectivity index (χ0v) is 12.3. The molecule has 21 heavy (non-hydrogen) atoms. The Labute approximate surface area is 124 Å². The second kappa shape index (κ2) is 6.10. The van der Waals surface area contributed by atoms with Crippen LogP contribution in [-0.4, -0.2) is 29.8 Å². The van der Waals surface area contributed by atoms with Gasteiger partial charge in [-0.25, -0.2) is 0 Å². The second-order valence-electron chi connectivity index (χ2n) is 5.24. The lowest BCUT2D eigenvalue weighted by molar-refractivity contribution is 0.357. The molecule has 3 rings (SSSR count). The molecule has 1 atom stereocenters. The molecule has 0 bridgehead atoms. The molecule has 0 saturated heterocycles. The van der Waals surface area contributed by atoms with Crippen molar-refractivity contribution < 1.29 is 9.26 Å². The van der Waals surface area contributed by atoms with Crippen molar-refractivity contribution >= 4 is 12.2 Å². The lowest BCUT2D eigenvalue weighted by Gasteiger charge is -2.04. The van der Waals surface area contributed by atoms with E-state index in [0.717, 1.165) is 36.6 Å². The average molecular weight is 285 g/mol. The predicted molar refractivity (Wildman–Crippen MR) is 81.1 cm³/mol. The highest BCUT2D eigenvalue weighted by Gasteiger charge is 2.11. The molecule has 1 aliphatic rings. The Bertz CT molecular complexity index is 649. The molecule has 0 amide bonds. The number of likely N-dealkylation sites (N-methyl/N-ethyl adjacent to an activating group) is 1. The van der Waals surface area contributed by atoms with Crippen LogP contribution in [0.3, 0.4) is 0 Å². The van der Waals surface area contributed by atoms with Crippen molar-refractivity contribution in [3.63, 3.8) is 0 Å². The van der Waals surface area contributed by atoms with Crippen LogP contribution in [0.4, 0.5) is 0 Å². The Morgan fingerprint density at radius 2 is 2.29 bits per heavy atom. The number of benzene rings is 1. The Morgan fingerprint density at radius 3 is 3.14 bits per heavy atom. The van der Waals surface area contributed by atoms with Crippen LogP contribution in [0, 0.1) is 0 Å². The molecule has 0 spiro atoms. The van der Waals surface area contributed by atoms with Gasteiger partial charge in [-0.2, -0.15) is 4.98 Å².